The van der Waals surface area contributed by atoms with E-state index in [9.17, 15) is 4.79 Å². The number of anilines is 6. The molecule has 75 heavy (non-hydrogen) atoms. The van der Waals surface area contributed by atoms with E-state index in [1.165, 1.54) is 22.3 Å². The van der Waals surface area contributed by atoms with Gasteiger partial charge < -0.3 is 14.2 Å². The van der Waals surface area contributed by atoms with Crippen molar-refractivity contribution in [1.82, 2.24) is 0 Å². The molecule has 4 heteroatoms. The number of ketones is 1. The zero-order valence-corrected chi connectivity index (χ0v) is 41.6. The van der Waals surface area contributed by atoms with Crippen LogP contribution in [0.5, 0.6) is 0 Å². The van der Waals surface area contributed by atoms with Crippen molar-refractivity contribution in [2.75, 3.05) is 9.80 Å². The highest BCUT2D eigenvalue weighted by Crippen LogP contribution is 2.59. The van der Waals surface area contributed by atoms with Gasteiger partial charge in [0.15, 0.2) is 5.78 Å². The van der Waals surface area contributed by atoms with Crippen molar-refractivity contribution in [3.63, 3.8) is 0 Å². The molecule has 0 spiro atoms. The van der Waals surface area contributed by atoms with E-state index in [2.05, 4.69) is 254 Å². The van der Waals surface area contributed by atoms with Crippen LogP contribution in [0.3, 0.4) is 0 Å². The van der Waals surface area contributed by atoms with E-state index < -0.39 is 5.41 Å². The summed E-state index contributed by atoms with van der Waals surface area (Å²) >= 11 is 0. The molecule has 0 atom stereocenters. The normalized spacial score (nSPS) is 13.9. The molecule has 1 aliphatic carbocycles. The van der Waals surface area contributed by atoms with Gasteiger partial charge in [-0.3, -0.25) is 4.79 Å². The van der Waals surface area contributed by atoms with Crippen LogP contribution >= 0.6 is 0 Å². The van der Waals surface area contributed by atoms with Crippen molar-refractivity contribution in [1.29, 1.82) is 0 Å². The van der Waals surface area contributed by atoms with Gasteiger partial charge in [0, 0.05) is 56.1 Å². The lowest BCUT2D eigenvalue weighted by molar-refractivity contribution is 0.103. The minimum Gasteiger partial charge on any atom is -0.456 e. The summed E-state index contributed by atoms with van der Waals surface area (Å²) in [6.07, 6.45) is 0. The monoisotopic (exact) mass is 962 g/mol. The third-order valence-corrected chi connectivity index (χ3v) is 15.9. The van der Waals surface area contributed by atoms with Crippen LogP contribution in [0.2, 0.25) is 0 Å². The van der Waals surface area contributed by atoms with Gasteiger partial charge in [0.05, 0.1) is 16.8 Å². The van der Waals surface area contributed by atoms with Gasteiger partial charge in [-0.25, -0.2) is 0 Å². The second-order valence-electron chi connectivity index (χ2n) is 20.4. The number of benzene rings is 11. The summed E-state index contributed by atoms with van der Waals surface area (Å²) < 4.78 is 6.51. The highest BCUT2D eigenvalue weighted by atomic mass is 16.3. The highest BCUT2D eigenvalue weighted by Gasteiger charge is 2.47. The number of carbonyl (C=O) groups excluding carboxylic acids is 1. The second-order valence-corrected chi connectivity index (χ2v) is 20.4. The molecule has 12 aromatic rings. The number of rotatable bonds is 8. The van der Waals surface area contributed by atoms with Crippen molar-refractivity contribution in [3.05, 3.63) is 311 Å². The molecule has 1 aromatic heterocycles. The van der Waals surface area contributed by atoms with Crippen molar-refractivity contribution >= 4 is 61.8 Å². The Morgan fingerprint density at radius 3 is 1.61 bits per heavy atom. The van der Waals surface area contributed by atoms with Gasteiger partial charge in [-0.2, -0.15) is 0 Å². The molecule has 0 radical (unpaired) electrons. The molecule has 11 aromatic carbocycles. The van der Waals surface area contributed by atoms with Crippen molar-refractivity contribution < 1.29 is 9.21 Å². The number of nitrogens with zero attached hydrogens (tertiary/aromatic N) is 2. The Bertz CT molecular complexity index is 4120. The zero-order valence-electron chi connectivity index (χ0n) is 41.6. The summed E-state index contributed by atoms with van der Waals surface area (Å²) in [4.78, 5) is 18.5. The van der Waals surface area contributed by atoms with Gasteiger partial charge in [-0.15, -0.1) is 0 Å². The molecule has 2 heterocycles. The van der Waals surface area contributed by atoms with Crippen LogP contribution in [-0.4, -0.2) is 5.78 Å². The summed E-state index contributed by atoms with van der Waals surface area (Å²) in [5.41, 5.74) is 19.8. The van der Waals surface area contributed by atoms with Gasteiger partial charge in [-0.05, 0) is 128 Å². The number of furan rings is 1. The summed E-state index contributed by atoms with van der Waals surface area (Å²) in [6, 6.07) is 95.7. The number of fused-ring (bicyclic) bond motifs is 7. The average Bonchev–Trinajstić information content (AvgIpc) is 3.93. The van der Waals surface area contributed by atoms with E-state index in [0.717, 1.165) is 101 Å². The summed E-state index contributed by atoms with van der Waals surface area (Å²) in [6.45, 7) is 4.45. The van der Waals surface area contributed by atoms with E-state index in [-0.39, 0.29) is 11.2 Å². The van der Waals surface area contributed by atoms with Gasteiger partial charge in [-0.1, -0.05) is 202 Å². The summed E-state index contributed by atoms with van der Waals surface area (Å²) in [5.74, 6) is 0.0941. The Balaban J connectivity index is 0.951. The van der Waals surface area contributed by atoms with Crippen LogP contribution in [-0.2, 0) is 10.8 Å². The quantitative estimate of drug-likeness (QED) is 0.152. The molecule has 356 valence electrons. The van der Waals surface area contributed by atoms with Crippen molar-refractivity contribution in [2.24, 2.45) is 0 Å². The number of para-hydroxylation sites is 3. The van der Waals surface area contributed by atoms with Gasteiger partial charge in [0.1, 0.15) is 11.2 Å². The maximum Gasteiger partial charge on any atom is 0.193 e. The lowest BCUT2D eigenvalue weighted by atomic mass is 9.62. The van der Waals surface area contributed by atoms with Crippen molar-refractivity contribution in [3.8, 4) is 22.3 Å². The Morgan fingerprint density at radius 1 is 0.373 bits per heavy atom. The lowest BCUT2D eigenvalue weighted by Gasteiger charge is -2.47. The first-order chi connectivity index (χ1) is 36.9. The largest absolute Gasteiger partial charge is 0.456 e. The Labute approximate surface area is 437 Å². The minimum absolute atomic E-state index is 0.0941. The number of carbonyl (C=O) groups is 1. The third kappa shape index (κ3) is 6.94. The topological polar surface area (TPSA) is 36.7 Å². The fourth-order valence-corrected chi connectivity index (χ4v) is 12.4. The van der Waals surface area contributed by atoms with E-state index in [0.29, 0.717) is 0 Å². The number of hydrogen-bond donors (Lipinski definition) is 0. The van der Waals surface area contributed by atoms with E-state index in [4.69, 9.17) is 4.42 Å². The molecule has 0 amide bonds. The Morgan fingerprint density at radius 2 is 0.907 bits per heavy atom. The van der Waals surface area contributed by atoms with Crippen LogP contribution in [0.15, 0.2) is 271 Å². The SMILES string of the molecule is CC1(C)c2ccccc2C(=O)c2ccc(-c3ccc(-c4ccc5c(c4)C(c4ccccc4)(c4ccccc4)c4ccc(N(c6ccccc6)c6ccc7c(c6)oc6ccccc67)cc4N5c4ccccc4)cc3)cc21. The molecule has 0 saturated heterocycles. The smallest absolute Gasteiger partial charge is 0.193 e. The fraction of sp³-hybridized carbons (Fsp3) is 0.0563. The minimum atomic E-state index is -0.732. The lowest BCUT2D eigenvalue weighted by Crippen LogP contribution is -2.38. The van der Waals surface area contributed by atoms with Gasteiger partial charge in [0.25, 0.3) is 0 Å². The maximum atomic E-state index is 13.7. The number of hydrogen-bond acceptors (Lipinski definition) is 4. The molecular formula is C71H50N2O2. The van der Waals surface area contributed by atoms with Gasteiger partial charge >= 0.3 is 0 Å². The van der Waals surface area contributed by atoms with Crippen LogP contribution in [0.4, 0.5) is 34.1 Å². The molecule has 14 rings (SSSR count). The molecule has 2 aliphatic rings. The van der Waals surface area contributed by atoms with Crippen LogP contribution in [0.1, 0.15) is 63.1 Å². The molecule has 0 fully saturated rings. The first-order valence-electron chi connectivity index (χ1n) is 25.8. The van der Waals surface area contributed by atoms with E-state index >= 15 is 0 Å². The Hall–Kier alpha value is -9.51. The van der Waals surface area contributed by atoms with E-state index in [1.54, 1.807) is 0 Å². The van der Waals surface area contributed by atoms with Crippen LogP contribution < -0.4 is 9.80 Å². The van der Waals surface area contributed by atoms with Crippen LogP contribution in [0, 0.1) is 0 Å². The first kappa shape index (κ1) is 44.2. The predicted octanol–water partition coefficient (Wildman–Crippen LogP) is 18.4. The highest BCUT2D eigenvalue weighted by molar-refractivity contribution is 6.13. The molecule has 0 bridgehead atoms. The zero-order chi connectivity index (χ0) is 50.3. The van der Waals surface area contributed by atoms with Gasteiger partial charge in [0.2, 0.25) is 0 Å². The third-order valence-electron chi connectivity index (χ3n) is 15.9. The van der Waals surface area contributed by atoms with Crippen LogP contribution in [0.25, 0.3) is 44.2 Å². The average molecular weight is 963 g/mol. The molecule has 0 N–H and O–H groups in total. The molecule has 1 aliphatic heterocycles. The molecular weight excluding hydrogens is 913 g/mol. The summed E-state index contributed by atoms with van der Waals surface area (Å²) in [5, 5.41) is 2.20. The molecule has 4 nitrogen and oxygen atoms in total. The standard InChI is InChI=1S/C71H50N2O2/c1-70(2)61-29-17-15-28-59(61)69(74)60-39-35-49(43-63(60)70)47-31-33-48(34-32-47)50-36-42-65-64(44-50)71(51-19-7-3-8-20-51,52-21-9-4-10-22-52)62-41-38-55(45-66(62)73(65)54-25-13-6-14-26-54)72(53-23-11-5-12-24-53)56-37-40-58-57-27-16-18-30-67(57)75-68(58)46-56/h3-46H,1-2H3. The summed E-state index contributed by atoms with van der Waals surface area (Å²) in [7, 11) is 0. The predicted molar refractivity (Wildman–Crippen MR) is 308 cm³/mol. The molecule has 0 saturated carbocycles. The Kier molecular flexibility index (Phi) is 10.2. The van der Waals surface area contributed by atoms with E-state index in [1.807, 2.05) is 36.4 Å². The maximum absolute atomic E-state index is 13.7. The fourth-order valence-electron chi connectivity index (χ4n) is 12.4. The molecule has 0 unspecified atom stereocenters. The first-order valence-corrected chi connectivity index (χ1v) is 25.8. The van der Waals surface area contributed by atoms with Crippen molar-refractivity contribution in [2.45, 2.75) is 24.7 Å². The second kappa shape index (κ2) is 17.3.